The first-order valence-electron chi connectivity index (χ1n) is 11.7. The third kappa shape index (κ3) is 4.09. The van der Waals surface area contributed by atoms with Crippen LogP contribution in [0.1, 0.15) is 11.5 Å². The lowest BCUT2D eigenvalue weighted by molar-refractivity contribution is 0.122. The number of nitrogens with zero attached hydrogens (tertiary/aromatic N) is 8. The van der Waals surface area contributed by atoms with Gasteiger partial charge in [-0.2, -0.15) is 15.1 Å². The summed E-state index contributed by atoms with van der Waals surface area (Å²) >= 11 is 0. The number of imidazole rings is 1. The number of hydrogen-bond donors (Lipinski definition) is 2. The summed E-state index contributed by atoms with van der Waals surface area (Å²) in [6, 6.07) is 11.8. The number of aromatic nitrogens is 7. The van der Waals surface area contributed by atoms with Crippen molar-refractivity contribution in [1.82, 2.24) is 34.3 Å². The van der Waals surface area contributed by atoms with Gasteiger partial charge in [0, 0.05) is 55.9 Å². The molecule has 4 aromatic heterocycles. The summed E-state index contributed by atoms with van der Waals surface area (Å²) in [4.78, 5) is 21.1. The Kier molecular flexibility index (Phi) is 5.45. The van der Waals surface area contributed by atoms with Crippen LogP contribution < -0.4 is 16.4 Å². The molecule has 36 heavy (non-hydrogen) atoms. The molecule has 0 saturated carbocycles. The summed E-state index contributed by atoms with van der Waals surface area (Å²) in [5, 5.41) is 4.36. The van der Waals surface area contributed by atoms with Gasteiger partial charge in [0.05, 0.1) is 25.1 Å². The minimum Gasteiger partial charge on any atom is -0.399 e. The summed E-state index contributed by atoms with van der Waals surface area (Å²) < 4.78 is 9.21. The second-order valence-electron chi connectivity index (χ2n) is 8.75. The molecule has 4 N–H and O–H groups in total. The predicted molar refractivity (Wildman–Crippen MR) is 138 cm³/mol. The fourth-order valence-electron chi connectivity index (χ4n) is 4.37. The molecule has 0 spiro atoms. The highest BCUT2D eigenvalue weighted by atomic mass is 16.5. The van der Waals surface area contributed by atoms with Gasteiger partial charge in [0.15, 0.2) is 17.0 Å². The molecule has 1 aliphatic heterocycles. The van der Waals surface area contributed by atoms with Crippen LogP contribution in [0.15, 0.2) is 55.0 Å². The number of benzene rings is 1. The Morgan fingerprint density at radius 2 is 1.69 bits per heavy atom. The average molecular weight is 483 g/mol. The highest BCUT2D eigenvalue weighted by molar-refractivity contribution is 5.85. The minimum atomic E-state index is 0.344. The molecule has 5 aromatic rings. The van der Waals surface area contributed by atoms with Gasteiger partial charge in [0.25, 0.3) is 0 Å². The van der Waals surface area contributed by atoms with Crippen LogP contribution in [0.25, 0.3) is 28.0 Å². The van der Waals surface area contributed by atoms with Crippen LogP contribution in [0.4, 0.5) is 17.5 Å². The minimum absolute atomic E-state index is 0.344. The molecule has 0 unspecified atom stereocenters. The van der Waals surface area contributed by atoms with Crippen LogP contribution in [-0.4, -0.2) is 60.6 Å². The number of morpholine rings is 1. The molecule has 5 heterocycles. The fourth-order valence-corrected chi connectivity index (χ4v) is 4.37. The van der Waals surface area contributed by atoms with E-state index >= 15 is 0 Å². The van der Waals surface area contributed by atoms with Crippen molar-refractivity contribution >= 4 is 28.6 Å². The lowest BCUT2D eigenvalue weighted by atomic mass is 10.1. The van der Waals surface area contributed by atoms with Crippen molar-refractivity contribution in [3.05, 3.63) is 66.5 Å². The van der Waals surface area contributed by atoms with Gasteiger partial charge in [0.1, 0.15) is 5.82 Å². The highest BCUT2D eigenvalue weighted by Crippen LogP contribution is 2.27. The first kappa shape index (κ1) is 22.0. The first-order chi connectivity index (χ1) is 17.5. The smallest absolute Gasteiger partial charge is 0.229 e. The summed E-state index contributed by atoms with van der Waals surface area (Å²) in [6.07, 6.45) is 6.06. The van der Waals surface area contributed by atoms with Crippen molar-refractivity contribution in [3.63, 3.8) is 0 Å². The van der Waals surface area contributed by atoms with Crippen LogP contribution in [0, 0.1) is 0 Å². The van der Waals surface area contributed by atoms with E-state index in [9.17, 15) is 0 Å². The maximum Gasteiger partial charge on any atom is 0.229 e. The molecule has 11 nitrogen and oxygen atoms in total. The van der Waals surface area contributed by atoms with E-state index in [4.69, 9.17) is 31.2 Å². The third-order valence-corrected chi connectivity index (χ3v) is 6.24. The van der Waals surface area contributed by atoms with Crippen LogP contribution in [0.2, 0.25) is 0 Å². The van der Waals surface area contributed by atoms with Crippen LogP contribution >= 0.6 is 0 Å². The van der Waals surface area contributed by atoms with Gasteiger partial charge in [-0.05, 0) is 23.8 Å². The van der Waals surface area contributed by atoms with Gasteiger partial charge in [-0.1, -0.05) is 18.2 Å². The summed E-state index contributed by atoms with van der Waals surface area (Å²) in [6.45, 7) is 2.69. The molecule has 1 aromatic carbocycles. The Balaban J connectivity index is 1.40. The topological polar surface area (TPSA) is 139 Å². The number of anilines is 3. The lowest BCUT2D eigenvalue weighted by Gasteiger charge is -2.26. The molecule has 0 atom stereocenters. The number of ether oxygens (including phenoxy) is 1. The Morgan fingerprint density at radius 3 is 2.39 bits per heavy atom. The van der Waals surface area contributed by atoms with Crippen LogP contribution in [-0.2, 0) is 18.2 Å². The molecule has 0 bridgehead atoms. The number of aryl methyl sites for hydroxylation is 1. The summed E-state index contributed by atoms with van der Waals surface area (Å²) in [5.74, 6) is 1.67. The molecule has 0 aliphatic carbocycles. The van der Waals surface area contributed by atoms with Crippen LogP contribution in [0.5, 0.6) is 0 Å². The molecule has 182 valence electrons. The monoisotopic (exact) mass is 482 g/mol. The fraction of sp³-hybridized carbons (Fsp3) is 0.240. The van der Waals surface area contributed by atoms with E-state index < -0.39 is 0 Å². The summed E-state index contributed by atoms with van der Waals surface area (Å²) in [7, 11) is 1.88. The second-order valence-corrected chi connectivity index (χ2v) is 8.75. The van der Waals surface area contributed by atoms with E-state index in [0.717, 1.165) is 34.0 Å². The van der Waals surface area contributed by atoms with Crippen molar-refractivity contribution < 1.29 is 4.74 Å². The van der Waals surface area contributed by atoms with Crippen LogP contribution in [0.3, 0.4) is 0 Å². The zero-order valence-corrected chi connectivity index (χ0v) is 19.9. The Bertz CT molecular complexity index is 1520. The average Bonchev–Trinajstić information content (AvgIpc) is 3.48. The van der Waals surface area contributed by atoms with Gasteiger partial charge < -0.3 is 21.1 Å². The maximum atomic E-state index is 6.39. The number of pyridine rings is 1. The number of fused-ring (bicyclic) bond motifs is 1. The largest absolute Gasteiger partial charge is 0.399 e. The number of nitrogen functional groups attached to an aromatic ring is 2. The number of hydrogen-bond acceptors (Lipinski definition) is 9. The van der Waals surface area contributed by atoms with Crippen molar-refractivity contribution in [2.24, 2.45) is 7.05 Å². The van der Waals surface area contributed by atoms with Gasteiger partial charge in [-0.3, -0.25) is 14.2 Å². The van der Waals surface area contributed by atoms with E-state index in [1.807, 2.05) is 54.3 Å². The predicted octanol–water partition coefficient (Wildman–Crippen LogP) is 2.20. The molecular weight excluding hydrogens is 456 g/mol. The van der Waals surface area contributed by atoms with E-state index in [-0.39, 0.29) is 0 Å². The first-order valence-corrected chi connectivity index (χ1v) is 11.7. The van der Waals surface area contributed by atoms with E-state index in [1.165, 1.54) is 0 Å². The lowest BCUT2D eigenvalue weighted by Crippen LogP contribution is -2.37. The molecule has 6 rings (SSSR count). The SMILES string of the molecule is Cn1cc(-n2c(Cc3ccc(-c4ccc(N)cc4)cn3)nc3c(N)nc(N4CCOCC4)nc32)cn1. The quantitative estimate of drug-likeness (QED) is 0.361. The second kappa shape index (κ2) is 8.93. The van der Waals surface area contributed by atoms with Crippen molar-refractivity contribution in [2.75, 3.05) is 42.7 Å². The number of nitrogens with two attached hydrogens (primary N) is 2. The van der Waals surface area contributed by atoms with E-state index in [2.05, 4.69) is 21.0 Å². The number of rotatable bonds is 5. The van der Waals surface area contributed by atoms with Gasteiger partial charge >= 0.3 is 0 Å². The Morgan fingerprint density at radius 1 is 0.917 bits per heavy atom. The highest BCUT2D eigenvalue weighted by Gasteiger charge is 2.22. The van der Waals surface area contributed by atoms with Gasteiger partial charge in [-0.25, -0.2) is 4.98 Å². The molecule has 0 radical (unpaired) electrons. The maximum absolute atomic E-state index is 6.39. The Labute approximate surface area is 207 Å². The van der Waals surface area contributed by atoms with E-state index in [1.54, 1.807) is 10.9 Å². The molecule has 11 heteroatoms. The standard InChI is InChI=1S/C25H26N10O/c1-33-15-20(14-29-33)35-21(12-19-7-4-17(13-28-19)16-2-5-18(26)6-3-16)30-22-23(27)31-25(32-24(22)35)34-8-10-36-11-9-34/h2-7,13-15H,8-12,26H2,1H3,(H2,27,31,32). The van der Waals surface area contributed by atoms with Crippen molar-refractivity contribution in [3.8, 4) is 16.8 Å². The van der Waals surface area contributed by atoms with Gasteiger partial charge in [-0.15, -0.1) is 0 Å². The normalized spacial score (nSPS) is 14.0. The van der Waals surface area contributed by atoms with Crippen molar-refractivity contribution in [2.45, 2.75) is 6.42 Å². The molecule has 0 amide bonds. The zero-order chi connectivity index (χ0) is 24.6. The van der Waals surface area contributed by atoms with Crippen molar-refractivity contribution in [1.29, 1.82) is 0 Å². The Hall–Kier alpha value is -4.51. The third-order valence-electron chi connectivity index (χ3n) is 6.24. The summed E-state index contributed by atoms with van der Waals surface area (Å²) in [5.41, 5.74) is 17.9. The van der Waals surface area contributed by atoms with E-state index in [0.29, 0.717) is 55.7 Å². The zero-order valence-electron chi connectivity index (χ0n) is 19.9. The molecule has 1 fully saturated rings. The molecule has 1 aliphatic rings. The van der Waals surface area contributed by atoms with Gasteiger partial charge in [0.2, 0.25) is 5.95 Å². The molecule has 1 saturated heterocycles. The molecular formula is C25H26N10O.